The lowest BCUT2D eigenvalue weighted by Gasteiger charge is -2.46. The molecule has 11 rings (SSSR count). The molecule has 0 heterocycles. The van der Waals surface area contributed by atoms with Crippen molar-refractivity contribution in [2.75, 3.05) is 4.90 Å². The van der Waals surface area contributed by atoms with Gasteiger partial charge in [-0.2, -0.15) is 0 Å². The molecule has 2 aromatic carbocycles. The molecule has 0 N–H and O–H groups in total. The van der Waals surface area contributed by atoms with Gasteiger partial charge in [-0.15, -0.1) is 0 Å². The van der Waals surface area contributed by atoms with Crippen LogP contribution < -0.4 is 4.90 Å². The van der Waals surface area contributed by atoms with E-state index in [1.54, 1.807) is 22.3 Å². The molecule has 2 aromatic rings. The Hall–Kier alpha value is -4.10. The van der Waals surface area contributed by atoms with E-state index in [9.17, 15) is 0 Å². The Bertz CT molecular complexity index is 2220. The zero-order chi connectivity index (χ0) is 37.1. The summed E-state index contributed by atoms with van der Waals surface area (Å²) in [5.41, 5.74) is 14.4. The monoisotopic (exact) mass is 721 g/mol. The number of anilines is 1. The average Bonchev–Trinajstić information content (AvgIpc) is 3.78. The highest BCUT2D eigenvalue weighted by atomic mass is 15.2. The highest BCUT2D eigenvalue weighted by Gasteiger charge is 2.66. The van der Waals surface area contributed by atoms with Gasteiger partial charge in [-0.3, -0.25) is 0 Å². The Labute approximate surface area is 330 Å². The minimum Gasteiger partial charge on any atom is -0.318 e. The van der Waals surface area contributed by atoms with Gasteiger partial charge in [0.2, 0.25) is 0 Å². The molecule has 280 valence electrons. The van der Waals surface area contributed by atoms with Gasteiger partial charge >= 0.3 is 0 Å². The quantitative estimate of drug-likeness (QED) is 0.284. The van der Waals surface area contributed by atoms with Crippen molar-refractivity contribution in [3.8, 4) is 0 Å². The number of allylic oxidation sites excluding steroid dienone is 18. The Morgan fingerprint density at radius 3 is 2.38 bits per heavy atom. The maximum Gasteiger partial charge on any atom is 0.0458 e. The lowest BCUT2D eigenvalue weighted by molar-refractivity contribution is 0.153. The van der Waals surface area contributed by atoms with E-state index in [-0.39, 0.29) is 16.2 Å². The predicted molar refractivity (Wildman–Crippen MR) is 230 cm³/mol. The summed E-state index contributed by atoms with van der Waals surface area (Å²) in [6.45, 7) is 9.83. The molecule has 9 aliphatic rings. The van der Waals surface area contributed by atoms with Gasteiger partial charge in [0, 0.05) is 39.7 Å². The Balaban J connectivity index is 1.05. The molecule has 9 unspecified atom stereocenters. The van der Waals surface area contributed by atoms with E-state index >= 15 is 0 Å². The van der Waals surface area contributed by atoms with E-state index in [1.807, 2.05) is 0 Å². The molecule has 10 atom stereocenters. The Morgan fingerprint density at radius 2 is 1.53 bits per heavy atom. The smallest absolute Gasteiger partial charge is 0.0458 e. The maximum absolute atomic E-state index is 2.76. The van der Waals surface area contributed by atoms with Crippen molar-refractivity contribution in [1.82, 2.24) is 0 Å². The van der Waals surface area contributed by atoms with Crippen LogP contribution in [0.1, 0.15) is 120 Å². The Kier molecular flexibility index (Phi) is 7.74. The SMILES string of the molecule is CC1C=CC(C)(C2=CC=C(N(C3=CC=C4C5C=CCCC5C5(c6ccccc6[C@@H]6CCC=CC65)C4C3)c3ccc4c(c3)C(C)(C)C3C=CC=CC43)CC2)CC1. The lowest BCUT2D eigenvalue weighted by atomic mass is 9.57. The second kappa shape index (κ2) is 12.4. The molecule has 0 aliphatic heterocycles. The summed E-state index contributed by atoms with van der Waals surface area (Å²) in [4.78, 5) is 2.76. The number of rotatable bonds is 4. The van der Waals surface area contributed by atoms with Gasteiger partial charge in [-0.1, -0.05) is 142 Å². The fourth-order valence-corrected chi connectivity index (χ4v) is 14.0. The van der Waals surface area contributed by atoms with Gasteiger partial charge in [0.15, 0.2) is 0 Å². The van der Waals surface area contributed by atoms with Crippen LogP contribution in [-0.4, -0.2) is 0 Å². The van der Waals surface area contributed by atoms with Gasteiger partial charge in [-0.05, 0) is 145 Å². The van der Waals surface area contributed by atoms with Crippen molar-refractivity contribution in [2.45, 2.75) is 108 Å². The summed E-state index contributed by atoms with van der Waals surface area (Å²) in [6.07, 6.45) is 45.9. The molecule has 1 saturated carbocycles. The van der Waals surface area contributed by atoms with E-state index in [0.717, 1.165) is 19.3 Å². The highest BCUT2D eigenvalue weighted by molar-refractivity contribution is 5.67. The second-order valence-electron chi connectivity index (χ2n) is 19.7. The highest BCUT2D eigenvalue weighted by Crippen LogP contribution is 2.71. The molecule has 55 heavy (non-hydrogen) atoms. The van der Waals surface area contributed by atoms with E-state index in [0.29, 0.717) is 47.3 Å². The van der Waals surface area contributed by atoms with Crippen LogP contribution in [0, 0.1) is 40.9 Å². The van der Waals surface area contributed by atoms with E-state index in [1.165, 1.54) is 66.7 Å². The molecule has 1 spiro atoms. The molecule has 1 heteroatoms. The van der Waals surface area contributed by atoms with E-state index < -0.39 is 0 Å². The van der Waals surface area contributed by atoms with Crippen molar-refractivity contribution in [3.63, 3.8) is 0 Å². The van der Waals surface area contributed by atoms with Crippen LogP contribution in [0.15, 0.2) is 150 Å². The molecule has 0 saturated heterocycles. The van der Waals surface area contributed by atoms with Crippen LogP contribution in [0.3, 0.4) is 0 Å². The van der Waals surface area contributed by atoms with Gasteiger partial charge in [0.05, 0.1) is 0 Å². The van der Waals surface area contributed by atoms with Gasteiger partial charge in [-0.25, -0.2) is 0 Å². The summed E-state index contributed by atoms with van der Waals surface area (Å²) in [6, 6.07) is 17.3. The summed E-state index contributed by atoms with van der Waals surface area (Å²) in [5, 5.41) is 0. The van der Waals surface area contributed by atoms with E-state index in [4.69, 9.17) is 0 Å². The van der Waals surface area contributed by atoms with Crippen LogP contribution in [0.2, 0.25) is 0 Å². The summed E-state index contributed by atoms with van der Waals surface area (Å²) >= 11 is 0. The maximum atomic E-state index is 2.76. The number of hydrogen-bond acceptors (Lipinski definition) is 1. The van der Waals surface area contributed by atoms with Crippen LogP contribution in [0.4, 0.5) is 5.69 Å². The number of hydrogen-bond donors (Lipinski definition) is 0. The van der Waals surface area contributed by atoms with Crippen LogP contribution in [0.5, 0.6) is 0 Å². The van der Waals surface area contributed by atoms with Gasteiger partial charge in [0.1, 0.15) is 0 Å². The second-order valence-corrected chi connectivity index (χ2v) is 19.7. The zero-order valence-corrected chi connectivity index (χ0v) is 33.6. The molecule has 0 radical (unpaired) electrons. The average molecular weight is 722 g/mol. The zero-order valence-electron chi connectivity index (χ0n) is 33.6. The first kappa shape index (κ1) is 34.2. The fraction of sp³-hybridized carbons (Fsp3) is 0.444. The third-order valence-corrected chi connectivity index (χ3v) is 16.7. The van der Waals surface area contributed by atoms with Crippen LogP contribution >= 0.6 is 0 Å². The largest absolute Gasteiger partial charge is 0.318 e. The van der Waals surface area contributed by atoms with Gasteiger partial charge < -0.3 is 4.90 Å². The first-order valence-corrected chi connectivity index (χ1v) is 22.0. The molecule has 1 fully saturated rings. The third kappa shape index (κ3) is 4.83. The topological polar surface area (TPSA) is 3.24 Å². The van der Waals surface area contributed by atoms with Crippen LogP contribution in [-0.2, 0) is 10.8 Å². The molecule has 1 nitrogen and oxygen atoms in total. The minimum atomic E-state index is 0.0808. The molecule has 0 amide bonds. The van der Waals surface area contributed by atoms with Crippen molar-refractivity contribution in [3.05, 3.63) is 172 Å². The number of fused-ring (bicyclic) bond motifs is 13. The van der Waals surface area contributed by atoms with Crippen molar-refractivity contribution >= 4 is 5.69 Å². The van der Waals surface area contributed by atoms with Crippen LogP contribution in [0.25, 0.3) is 0 Å². The summed E-state index contributed by atoms with van der Waals surface area (Å²) in [5.74, 6) is 4.60. The van der Waals surface area contributed by atoms with Gasteiger partial charge in [0.25, 0.3) is 0 Å². The normalized spacial score (nSPS) is 38.3. The standard InChI is InChI=1S/C54H59N/c1-35-29-31-53(4,32-30-35)36-21-23-37(24-22-36)55(38-25-27-44-40-13-5-9-17-46(40)52(2,3)50(44)33-38)39-26-28-45-43-16-8-12-20-49(43)54(51(45)34-39)47-18-10-6-14-41(47)42-15-7-11-19-48(42)54/h5-6,8-11,13-14,16-19,21,23,25-29,31,33,35,40,42-43,46,48-49,51H,7,12,15,20,22,24,30,32,34H2,1-4H3/t35?,40?,42-,43?,46?,48?,49?,51?,53?,54?/m0/s1. The minimum absolute atomic E-state index is 0.0808. The van der Waals surface area contributed by atoms with Crippen molar-refractivity contribution in [2.24, 2.45) is 40.9 Å². The third-order valence-electron chi connectivity index (χ3n) is 16.7. The van der Waals surface area contributed by atoms with E-state index in [2.05, 4.69) is 160 Å². The first-order chi connectivity index (χ1) is 26.8. The molecule has 0 aromatic heterocycles. The summed E-state index contributed by atoms with van der Waals surface area (Å²) in [7, 11) is 0. The lowest BCUT2D eigenvalue weighted by Crippen LogP contribution is -2.44. The predicted octanol–water partition coefficient (Wildman–Crippen LogP) is 13.6. The number of nitrogens with zero attached hydrogens (tertiary/aromatic N) is 1. The van der Waals surface area contributed by atoms with Crippen molar-refractivity contribution in [1.29, 1.82) is 0 Å². The Morgan fingerprint density at radius 1 is 0.691 bits per heavy atom. The molecular weight excluding hydrogens is 663 g/mol. The molecular formula is C54H59N. The fourth-order valence-electron chi connectivity index (χ4n) is 14.0. The number of benzene rings is 2. The summed E-state index contributed by atoms with van der Waals surface area (Å²) < 4.78 is 0. The van der Waals surface area contributed by atoms with Crippen molar-refractivity contribution < 1.29 is 0 Å². The molecule has 0 bridgehead atoms. The molecule has 9 aliphatic carbocycles. The first-order valence-electron chi connectivity index (χ1n) is 22.0.